The molecule has 0 aromatic heterocycles. The van der Waals surface area contributed by atoms with Crippen LogP contribution in [0.5, 0.6) is 0 Å². The Morgan fingerprint density at radius 3 is 2.40 bits per heavy atom. The maximum atomic E-state index is 11.6. The minimum atomic E-state index is -0.223. The molecule has 1 radical (unpaired) electrons. The normalized spacial score (nSPS) is 9.53. The Balaban J connectivity index is 3.02. The summed E-state index contributed by atoms with van der Waals surface area (Å²) in [4.78, 5) is 24.3. The molecule has 1 aromatic carbocycles. The summed E-state index contributed by atoms with van der Waals surface area (Å²) in [6.07, 6.45) is 0. The van der Waals surface area contributed by atoms with Crippen molar-refractivity contribution in [2.45, 2.75) is 0 Å². The van der Waals surface area contributed by atoms with Gasteiger partial charge in [-0.15, -0.1) is 0 Å². The number of rotatable bonds is 2. The molecule has 0 heterocycles. The monoisotopic (exact) mass is 205 g/mol. The van der Waals surface area contributed by atoms with E-state index in [0.29, 0.717) is 11.1 Å². The summed E-state index contributed by atoms with van der Waals surface area (Å²) < 4.78 is 0. The third-order valence-electron chi connectivity index (χ3n) is 1.93. The van der Waals surface area contributed by atoms with Crippen LogP contribution in [0.1, 0.15) is 20.7 Å². The van der Waals surface area contributed by atoms with Gasteiger partial charge in [-0.05, 0) is 24.3 Å². The molecule has 79 valence electrons. The van der Waals surface area contributed by atoms with E-state index in [-0.39, 0.29) is 11.8 Å². The van der Waals surface area contributed by atoms with E-state index in [1.54, 1.807) is 39.3 Å². The highest BCUT2D eigenvalue weighted by Crippen LogP contribution is 2.06. The predicted octanol–water partition coefficient (Wildman–Crippen LogP) is 0.548. The smallest absolute Gasteiger partial charge is 0.253 e. The third-order valence-corrected chi connectivity index (χ3v) is 1.93. The molecule has 0 saturated carbocycles. The molecule has 4 nitrogen and oxygen atoms in total. The van der Waals surface area contributed by atoms with E-state index in [1.807, 2.05) is 0 Å². The van der Waals surface area contributed by atoms with Crippen LogP contribution in [0.15, 0.2) is 18.2 Å². The second-order valence-corrected chi connectivity index (χ2v) is 3.29. The van der Waals surface area contributed by atoms with Crippen molar-refractivity contribution in [1.82, 2.24) is 10.2 Å². The topological polar surface area (TPSA) is 49.4 Å². The average molecular weight is 205 g/mol. The lowest BCUT2D eigenvalue weighted by molar-refractivity contribution is 0.0827. The maximum absolute atomic E-state index is 11.6. The minimum absolute atomic E-state index is 0.142. The van der Waals surface area contributed by atoms with Gasteiger partial charge >= 0.3 is 0 Å². The fraction of sp³-hybridized carbons (Fsp3) is 0.273. The van der Waals surface area contributed by atoms with Crippen LogP contribution in [-0.2, 0) is 0 Å². The van der Waals surface area contributed by atoms with Crippen molar-refractivity contribution in [2.75, 3.05) is 21.1 Å². The number of benzene rings is 1. The molecule has 1 aromatic rings. The molecule has 2 amide bonds. The number of carbonyl (C=O) groups is 2. The molecule has 0 bridgehead atoms. The van der Waals surface area contributed by atoms with Gasteiger partial charge in [-0.1, -0.05) is 0 Å². The molecule has 0 spiro atoms. The van der Waals surface area contributed by atoms with Gasteiger partial charge in [-0.25, -0.2) is 0 Å². The van der Waals surface area contributed by atoms with E-state index in [9.17, 15) is 9.59 Å². The number of amides is 2. The molecule has 1 rings (SSSR count). The summed E-state index contributed by atoms with van der Waals surface area (Å²) in [7, 11) is 4.87. The standard InChI is InChI=1S/C11H13N2O2/c1-12-10(14)8-5-4-6-9(7-8)11(15)13(2)3/h5-7H,1-3H3,(H,12,14). The summed E-state index contributed by atoms with van der Waals surface area (Å²) in [5, 5.41) is 2.49. The van der Waals surface area contributed by atoms with Gasteiger partial charge in [0.2, 0.25) is 0 Å². The van der Waals surface area contributed by atoms with E-state index in [0.717, 1.165) is 0 Å². The van der Waals surface area contributed by atoms with E-state index >= 15 is 0 Å². The zero-order valence-electron chi connectivity index (χ0n) is 9.00. The largest absolute Gasteiger partial charge is 0.355 e. The van der Waals surface area contributed by atoms with Crippen LogP contribution in [0.2, 0.25) is 0 Å². The van der Waals surface area contributed by atoms with Crippen molar-refractivity contribution in [3.05, 3.63) is 35.4 Å². The fourth-order valence-corrected chi connectivity index (χ4v) is 1.13. The molecule has 0 aliphatic heterocycles. The van der Waals surface area contributed by atoms with Crippen LogP contribution in [0, 0.1) is 6.07 Å². The summed E-state index contributed by atoms with van der Waals surface area (Å²) in [5.41, 5.74) is 0.895. The van der Waals surface area contributed by atoms with Crippen molar-refractivity contribution < 1.29 is 9.59 Å². The lowest BCUT2D eigenvalue weighted by Crippen LogP contribution is -2.23. The molecule has 0 unspecified atom stereocenters. The fourth-order valence-electron chi connectivity index (χ4n) is 1.13. The Labute approximate surface area is 88.9 Å². The van der Waals surface area contributed by atoms with E-state index in [1.165, 1.54) is 4.90 Å². The van der Waals surface area contributed by atoms with Gasteiger partial charge in [-0.2, -0.15) is 0 Å². The Hall–Kier alpha value is -1.84. The lowest BCUT2D eigenvalue weighted by atomic mass is 10.1. The summed E-state index contributed by atoms with van der Waals surface area (Å²) in [6, 6.07) is 7.44. The average Bonchev–Trinajstić information content (AvgIpc) is 2.27. The van der Waals surface area contributed by atoms with Crippen molar-refractivity contribution in [3.63, 3.8) is 0 Å². The van der Waals surface area contributed by atoms with Crippen molar-refractivity contribution in [2.24, 2.45) is 0 Å². The van der Waals surface area contributed by atoms with E-state index in [4.69, 9.17) is 0 Å². The summed E-state index contributed by atoms with van der Waals surface area (Å²) >= 11 is 0. The lowest BCUT2D eigenvalue weighted by Gasteiger charge is -2.10. The predicted molar refractivity (Wildman–Crippen MR) is 56.7 cm³/mol. The Kier molecular flexibility index (Phi) is 3.44. The van der Waals surface area contributed by atoms with Crippen LogP contribution in [0.25, 0.3) is 0 Å². The Morgan fingerprint density at radius 2 is 1.87 bits per heavy atom. The van der Waals surface area contributed by atoms with Crippen LogP contribution < -0.4 is 5.32 Å². The minimum Gasteiger partial charge on any atom is -0.355 e. The molecule has 0 aliphatic carbocycles. The van der Waals surface area contributed by atoms with Gasteiger partial charge < -0.3 is 10.2 Å². The SMILES string of the molecule is CNC(=O)c1c[c]cc(C(=O)N(C)C)c1. The number of carbonyl (C=O) groups excluding carboxylic acids is 2. The second kappa shape index (κ2) is 4.59. The zero-order chi connectivity index (χ0) is 11.4. The van der Waals surface area contributed by atoms with Gasteiger partial charge in [0.25, 0.3) is 11.8 Å². The van der Waals surface area contributed by atoms with Gasteiger partial charge in [0.05, 0.1) is 0 Å². The van der Waals surface area contributed by atoms with Gasteiger partial charge in [-0.3, -0.25) is 9.59 Å². The number of hydrogen-bond acceptors (Lipinski definition) is 2. The molecular weight excluding hydrogens is 192 g/mol. The highest BCUT2D eigenvalue weighted by atomic mass is 16.2. The molecule has 0 fully saturated rings. The van der Waals surface area contributed by atoms with Crippen LogP contribution in [-0.4, -0.2) is 37.9 Å². The molecule has 0 atom stereocenters. The Morgan fingerprint density at radius 1 is 1.27 bits per heavy atom. The highest BCUT2D eigenvalue weighted by Gasteiger charge is 2.10. The maximum Gasteiger partial charge on any atom is 0.253 e. The first-order chi connectivity index (χ1) is 7.06. The highest BCUT2D eigenvalue weighted by molar-refractivity contribution is 5.99. The molecule has 15 heavy (non-hydrogen) atoms. The van der Waals surface area contributed by atoms with Gasteiger partial charge in [0.15, 0.2) is 0 Å². The van der Waals surface area contributed by atoms with Crippen molar-refractivity contribution in [3.8, 4) is 0 Å². The molecule has 0 aliphatic rings. The quantitative estimate of drug-likeness (QED) is 0.766. The first-order valence-electron chi connectivity index (χ1n) is 4.51. The van der Waals surface area contributed by atoms with Crippen molar-refractivity contribution in [1.29, 1.82) is 0 Å². The number of nitrogens with zero attached hydrogens (tertiary/aromatic N) is 1. The van der Waals surface area contributed by atoms with Crippen LogP contribution in [0.4, 0.5) is 0 Å². The first kappa shape index (κ1) is 11.2. The first-order valence-corrected chi connectivity index (χ1v) is 4.51. The number of hydrogen-bond donors (Lipinski definition) is 1. The molecular formula is C11H13N2O2. The number of nitrogens with one attached hydrogen (secondary N) is 1. The second-order valence-electron chi connectivity index (χ2n) is 3.29. The summed E-state index contributed by atoms with van der Waals surface area (Å²) in [5.74, 6) is -0.364. The van der Waals surface area contributed by atoms with Gasteiger partial charge in [0.1, 0.15) is 0 Å². The molecule has 4 heteroatoms. The van der Waals surface area contributed by atoms with E-state index in [2.05, 4.69) is 11.4 Å². The van der Waals surface area contributed by atoms with E-state index < -0.39 is 0 Å². The van der Waals surface area contributed by atoms with Crippen LogP contribution in [0.3, 0.4) is 0 Å². The van der Waals surface area contributed by atoms with Crippen LogP contribution >= 0.6 is 0 Å². The van der Waals surface area contributed by atoms with Gasteiger partial charge in [0, 0.05) is 32.3 Å². The third kappa shape index (κ3) is 2.56. The molecule has 0 saturated heterocycles. The Bertz CT molecular complexity index is 386. The summed E-state index contributed by atoms with van der Waals surface area (Å²) in [6.45, 7) is 0. The molecule has 1 N–H and O–H groups in total. The zero-order valence-corrected chi connectivity index (χ0v) is 9.00. The van der Waals surface area contributed by atoms with Crippen molar-refractivity contribution >= 4 is 11.8 Å².